The van der Waals surface area contributed by atoms with E-state index in [0.29, 0.717) is 4.47 Å². The van der Waals surface area contributed by atoms with Gasteiger partial charge in [-0.05, 0) is 24.3 Å². The average molecular weight is 383 g/mol. The molecule has 0 aliphatic heterocycles. The third-order valence-corrected chi connectivity index (χ3v) is 3.33. The molecule has 2 aromatic rings. The molecule has 0 aromatic heterocycles. The zero-order chi connectivity index (χ0) is 15.7. The number of benzene rings is 2. The fraction of sp³-hybridized carbons (Fsp3) is 0. The SMILES string of the molecule is O=C(Nc1ccc(Br)cc1Cl)c1cc(F)c(F)c(F)c1F. The summed E-state index contributed by atoms with van der Waals surface area (Å²) >= 11 is 8.99. The molecule has 0 atom stereocenters. The molecule has 0 heterocycles. The second-order valence-corrected chi connectivity index (χ2v) is 5.25. The van der Waals surface area contributed by atoms with Crippen molar-refractivity contribution in [2.75, 3.05) is 5.32 Å². The highest BCUT2D eigenvalue weighted by Gasteiger charge is 2.23. The minimum atomic E-state index is -2.05. The number of amides is 1. The summed E-state index contributed by atoms with van der Waals surface area (Å²) in [7, 11) is 0. The lowest BCUT2D eigenvalue weighted by Gasteiger charge is -2.09. The van der Waals surface area contributed by atoms with Gasteiger partial charge in [0, 0.05) is 4.47 Å². The highest BCUT2D eigenvalue weighted by Crippen LogP contribution is 2.27. The minimum absolute atomic E-state index is 0.106. The molecule has 0 aliphatic carbocycles. The summed E-state index contributed by atoms with van der Waals surface area (Å²) in [5.41, 5.74) is -0.861. The van der Waals surface area contributed by atoms with E-state index in [9.17, 15) is 22.4 Å². The van der Waals surface area contributed by atoms with Crippen molar-refractivity contribution in [1.82, 2.24) is 0 Å². The number of hydrogen-bond donors (Lipinski definition) is 1. The summed E-state index contributed by atoms with van der Waals surface area (Å²) in [5.74, 6) is -8.64. The molecule has 0 saturated heterocycles. The van der Waals surface area contributed by atoms with E-state index in [0.717, 1.165) is 0 Å². The van der Waals surface area contributed by atoms with E-state index in [4.69, 9.17) is 11.6 Å². The van der Waals surface area contributed by atoms with E-state index < -0.39 is 34.7 Å². The third-order valence-electron chi connectivity index (χ3n) is 2.53. The van der Waals surface area contributed by atoms with Crippen molar-refractivity contribution in [3.05, 3.63) is 62.6 Å². The number of nitrogens with one attached hydrogen (secondary N) is 1. The molecule has 1 amide bonds. The van der Waals surface area contributed by atoms with Crippen LogP contribution in [-0.4, -0.2) is 5.91 Å². The summed E-state index contributed by atoms with van der Waals surface area (Å²) in [4.78, 5) is 11.8. The Morgan fingerprint density at radius 2 is 1.71 bits per heavy atom. The highest BCUT2D eigenvalue weighted by molar-refractivity contribution is 9.10. The van der Waals surface area contributed by atoms with Crippen molar-refractivity contribution in [3.63, 3.8) is 0 Å². The molecule has 8 heteroatoms. The van der Waals surface area contributed by atoms with Gasteiger partial charge in [-0.15, -0.1) is 0 Å². The lowest BCUT2D eigenvalue weighted by molar-refractivity contribution is 0.102. The van der Waals surface area contributed by atoms with Gasteiger partial charge in [0.2, 0.25) is 0 Å². The van der Waals surface area contributed by atoms with Crippen molar-refractivity contribution >= 4 is 39.1 Å². The Morgan fingerprint density at radius 1 is 1.05 bits per heavy atom. The first-order valence-electron chi connectivity index (χ1n) is 5.40. The first-order chi connectivity index (χ1) is 9.81. The highest BCUT2D eigenvalue weighted by atomic mass is 79.9. The van der Waals surface area contributed by atoms with Gasteiger partial charge in [0.15, 0.2) is 23.3 Å². The largest absolute Gasteiger partial charge is 0.321 e. The number of hydrogen-bond acceptors (Lipinski definition) is 1. The van der Waals surface area contributed by atoms with E-state index in [-0.39, 0.29) is 16.8 Å². The number of anilines is 1. The summed E-state index contributed by atoms with van der Waals surface area (Å²) in [5, 5.41) is 2.31. The summed E-state index contributed by atoms with van der Waals surface area (Å²) in [6, 6.07) is 4.68. The van der Waals surface area contributed by atoms with Gasteiger partial charge in [-0.2, -0.15) is 0 Å². The molecule has 2 nitrogen and oxygen atoms in total. The first kappa shape index (κ1) is 15.8. The van der Waals surface area contributed by atoms with Crippen molar-refractivity contribution in [2.45, 2.75) is 0 Å². The van der Waals surface area contributed by atoms with Crippen LogP contribution in [0.4, 0.5) is 23.2 Å². The van der Waals surface area contributed by atoms with Gasteiger partial charge in [0.1, 0.15) is 0 Å². The minimum Gasteiger partial charge on any atom is -0.321 e. The summed E-state index contributed by atoms with van der Waals surface area (Å²) in [6.45, 7) is 0. The van der Waals surface area contributed by atoms with Crippen molar-refractivity contribution < 1.29 is 22.4 Å². The van der Waals surface area contributed by atoms with Crippen LogP contribution in [0.25, 0.3) is 0 Å². The molecule has 21 heavy (non-hydrogen) atoms. The Hall–Kier alpha value is -1.60. The van der Waals surface area contributed by atoms with Crippen LogP contribution in [0.1, 0.15) is 10.4 Å². The molecule has 2 aromatic carbocycles. The van der Waals surface area contributed by atoms with E-state index in [1.807, 2.05) is 0 Å². The summed E-state index contributed by atoms with van der Waals surface area (Å²) < 4.78 is 53.1. The van der Waals surface area contributed by atoms with Gasteiger partial charge >= 0.3 is 0 Å². The maximum Gasteiger partial charge on any atom is 0.258 e. The maximum absolute atomic E-state index is 13.5. The molecule has 0 radical (unpaired) electrons. The van der Waals surface area contributed by atoms with Gasteiger partial charge in [0.25, 0.3) is 5.91 Å². The van der Waals surface area contributed by atoms with E-state index >= 15 is 0 Å². The Kier molecular flexibility index (Phi) is 4.53. The molecule has 1 N–H and O–H groups in total. The lowest BCUT2D eigenvalue weighted by Crippen LogP contribution is -2.16. The zero-order valence-electron chi connectivity index (χ0n) is 9.99. The number of halogens is 6. The molecule has 0 unspecified atom stereocenters. The lowest BCUT2D eigenvalue weighted by atomic mass is 10.1. The molecule has 0 bridgehead atoms. The van der Waals surface area contributed by atoms with Crippen LogP contribution in [0.3, 0.4) is 0 Å². The first-order valence-corrected chi connectivity index (χ1v) is 6.57. The van der Waals surface area contributed by atoms with Crippen molar-refractivity contribution in [1.29, 1.82) is 0 Å². The number of carbonyl (C=O) groups is 1. The molecule has 0 aliphatic rings. The van der Waals surface area contributed by atoms with E-state index in [1.165, 1.54) is 12.1 Å². The van der Waals surface area contributed by atoms with Gasteiger partial charge in [0.05, 0.1) is 16.3 Å². The third kappa shape index (κ3) is 3.19. The number of carbonyl (C=O) groups excluding carboxylic acids is 1. The quantitative estimate of drug-likeness (QED) is 0.446. The second kappa shape index (κ2) is 6.03. The fourth-order valence-electron chi connectivity index (χ4n) is 1.52. The smallest absolute Gasteiger partial charge is 0.258 e. The van der Waals surface area contributed by atoms with Gasteiger partial charge in [-0.1, -0.05) is 27.5 Å². The molecule has 0 spiro atoms. The van der Waals surface area contributed by atoms with Gasteiger partial charge in [-0.3, -0.25) is 4.79 Å². The average Bonchev–Trinajstić information content (AvgIpc) is 2.43. The Morgan fingerprint density at radius 3 is 2.33 bits per heavy atom. The van der Waals surface area contributed by atoms with Gasteiger partial charge in [-0.25, -0.2) is 17.6 Å². The van der Waals surface area contributed by atoms with E-state index in [2.05, 4.69) is 21.2 Å². The molecule has 2 rings (SSSR count). The van der Waals surface area contributed by atoms with Crippen LogP contribution in [0, 0.1) is 23.3 Å². The Labute approximate surface area is 129 Å². The standard InChI is InChI=1S/C13H5BrClF4NO/c14-5-1-2-9(7(15)3-5)20-13(21)6-4-8(16)11(18)12(19)10(6)17/h1-4H,(H,20,21). The topological polar surface area (TPSA) is 29.1 Å². The molecule has 110 valence electrons. The van der Waals surface area contributed by atoms with E-state index in [1.54, 1.807) is 6.07 Å². The normalized spacial score (nSPS) is 10.6. The number of rotatable bonds is 2. The van der Waals surface area contributed by atoms with Crippen molar-refractivity contribution in [2.24, 2.45) is 0 Å². The second-order valence-electron chi connectivity index (χ2n) is 3.93. The monoisotopic (exact) mass is 381 g/mol. The zero-order valence-corrected chi connectivity index (χ0v) is 12.3. The van der Waals surface area contributed by atoms with Gasteiger partial charge < -0.3 is 5.32 Å². The summed E-state index contributed by atoms with van der Waals surface area (Å²) in [6.07, 6.45) is 0. The molecule has 0 fully saturated rings. The van der Waals surface area contributed by atoms with Crippen LogP contribution in [0.5, 0.6) is 0 Å². The van der Waals surface area contributed by atoms with Crippen LogP contribution >= 0.6 is 27.5 Å². The van der Waals surface area contributed by atoms with Crippen molar-refractivity contribution in [3.8, 4) is 0 Å². The predicted octanol–water partition coefficient (Wildman–Crippen LogP) is 4.91. The molecular weight excluding hydrogens is 377 g/mol. The van der Waals surface area contributed by atoms with Crippen LogP contribution < -0.4 is 5.32 Å². The van der Waals surface area contributed by atoms with Crippen LogP contribution in [-0.2, 0) is 0 Å². The van der Waals surface area contributed by atoms with Crippen LogP contribution in [0.15, 0.2) is 28.7 Å². The predicted molar refractivity (Wildman–Crippen MR) is 73.4 cm³/mol. The fourth-order valence-corrected chi connectivity index (χ4v) is 2.24. The van der Waals surface area contributed by atoms with Crippen LogP contribution in [0.2, 0.25) is 5.02 Å². The Balaban J connectivity index is 2.37. The maximum atomic E-state index is 13.5. The Bertz CT molecular complexity index is 739. The molecular formula is C13H5BrClF4NO. The molecule has 0 saturated carbocycles.